The van der Waals surface area contributed by atoms with Crippen molar-refractivity contribution in [3.05, 3.63) is 57.5 Å². The standard InChI is InChI=1S/C25H28ClF4N5O3/c1-13-22(26)14(2)33-23(32-13)18-10-35(11-19(18)31)24(37)17-4-3-15(27)9-20(17)38-16-5-7-34(8-6-16)12-21(36)25(28,29)30/h3-4,9,16,21,36H,5-8,10-12,31H2,1-2H3. The molecule has 13 heteroatoms. The van der Waals surface area contributed by atoms with Gasteiger partial charge in [0.15, 0.2) is 11.9 Å². The van der Waals surface area contributed by atoms with Crippen LogP contribution in [0, 0.1) is 19.7 Å². The molecule has 1 amide bonds. The van der Waals surface area contributed by atoms with Crippen LogP contribution in [-0.4, -0.2) is 81.9 Å². The highest BCUT2D eigenvalue weighted by atomic mass is 35.5. The zero-order valence-corrected chi connectivity index (χ0v) is 21.6. The van der Waals surface area contributed by atoms with E-state index in [1.54, 1.807) is 13.8 Å². The molecular weight excluding hydrogens is 530 g/mol. The summed E-state index contributed by atoms with van der Waals surface area (Å²) >= 11 is 6.17. The number of nitrogens with two attached hydrogens (primary N) is 1. The Hall–Kier alpha value is -2.96. The molecule has 0 saturated carbocycles. The van der Waals surface area contributed by atoms with Crippen LogP contribution in [0.2, 0.25) is 5.02 Å². The highest BCUT2D eigenvalue weighted by molar-refractivity contribution is 6.31. The van der Waals surface area contributed by atoms with Crippen LogP contribution in [0.1, 0.15) is 40.4 Å². The number of carbonyl (C=O) groups is 1. The molecule has 1 fully saturated rings. The molecule has 3 N–H and O–H groups in total. The molecule has 38 heavy (non-hydrogen) atoms. The minimum atomic E-state index is -4.69. The van der Waals surface area contributed by atoms with Gasteiger partial charge in [-0.05, 0) is 38.8 Å². The maximum absolute atomic E-state index is 14.1. The first-order chi connectivity index (χ1) is 17.8. The van der Waals surface area contributed by atoms with Crippen molar-refractivity contribution in [1.82, 2.24) is 19.8 Å². The third-order valence-corrected chi connectivity index (χ3v) is 7.20. The summed E-state index contributed by atoms with van der Waals surface area (Å²) in [4.78, 5) is 25.2. The Morgan fingerprint density at radius 2 is 1.84 bits per heavy atom. The first kappa shape index (κ1) is 28.1. The number of aromatic nitrogens is 2. The number of β-amino-alcohol motifs (C(OH)–C–C–N with tert-alkyl or cyclic N) is 1. The smallest absolute Gasteiger partial charge is 0.415 e. The van der Waals surface area contributed by atoms with Gasteiger partial charge in [-0.25, -0.2) is 14.4 Å². The van der Waals surface area contributed by atoms with Gasteiger partial charge in [-0.2, -0.15) is 13.2 Å². The second-order valence-electron chi connectivity index (χ2n) is 9.51. The highest BCUT2D eigenvalue weighted by Crippen LogP contribution is 2.30. The number of piperidine rings is 1. The lowest BCUT2D eigenvalue weighted by Gasteiger charge is -2.34. The predicted octanol–water partition coefficient (Wildman–Crippen LogP) is 3.48. The number of aliphatic hydroxyl groups excluding tert-OH is 1. The number of rotatable bonds is 6. The summed E-state index contributed by atoms with van der Waals surface area (Å²) in [6.45, 7) is 3.75. The molecule has 2 aliphatic rings. The predicted molar refractivity (Wildman–Crippen MR) is 132 cm³/mol. The summed E-state index contributed by atoms with van der Waals surface area (Å²) in [5, 5.41) is 9.77. The van der Waals surface area contributed by atoms with Gasteiger partial charge in [0.05, 0.1) is 35.1 Å². The number of ether oxygens (including phenoxy) is 1. The molecule has 0 radical (unpaired) electrons. The van der Waals surface area contributed by atoms with Gasteiger partial charge < -0.3 is 25.4 Å². The third-order valence-electron chi connectivity index (χ3n) is 6.65. The molecule has 2 aliphatic heterocycles. The second-order valence-corrected chi connectivity index (χ2v) is 9.89. The Balaban J connectivity index is 1.44. The molecule has 206 valence electrons. The average molecular weight is 558 g/mol. The van der Waals surface area contributed by atoms with Crippen LogP contribution in [0.3, 0.4) is 0 Å². The van der Waals surface area contributed by atoms with Crippen molar-refractivity contribution in [1.29, 1.82) is 0 Å². The summed E-state index contributed by atoms with van der Waals surface area (Å²) in [7, 11) is 0. The fourth-order valence-electron chi connectivity index (χ4n) is 4.52. The number of likely N-dealkylation sites (tertiary alicyclic amines) is 1. The first-order valence-corrected chi connectivity index (χ1v) is 12.4. The Bertz CT molecular complexity index is 1220. The van der Waals surface area contributed by atoms with Crippen molar-refractivity contribution in [2.24, 2.45) is 5.73 Å². The topological polar surface area (TPSA) is 105 Å². The lowest BCUT2D eigenvalue weighted by Crippen LogP contribution is -2.46. The molecule has 1 aromatic carbocycles. The molecule has 1 saturated heterocycles. The normalized spacial score (nSPS) is 18.3. The molecule has 2 aromatic rings. The molecule has 1 aromatic heterocycles. The number of halogens is 5. The fourth-order valence-corrected chi connectivity index (χ4v) is 4.61. The van der Waals surface area contributed by atoms with Crippen LogP contribution in [0.5, 0.6) is 5.75 Å². The van der Waals surface area contributed by atoms with Crippen LogP contribution >= 0.6 is 11.6 Å². The zero-order chi connectivity index (χ0) is 27.8. The van der Waals surface area contributed by atoms with E-state index in [4.69, 9.17) is 22.1 Å². The highest BCUT2D eigenvalue weighted by Gasteiger charge is 2.40. The maximum atomic E-state index is 14.1. The van der Waals surface area contributed by atoms with E-state index in [9.17, 15) is 27.5 Å². The molecule has 1 atom stereocenters. The van der Waals surface area contributed by atoms with Crippen molar-refractivity contribution in [2.45, 2.75) is 45.1 Å². The summed E-state index contributed by atoms with van der Waals surface area (Å²) in [6.07, 6.45) is -6.85. The lowest BCUT2D eigenvalue weighted by atomic mass is 10.1. The van der Waals surface area contributed by atoms with E-state index in [1.807, 2.05) is 0 Å². The third kappa shape index (κ3) is 6.19. The zero-order valence-electron chi connectivity index (χ0n) is 20.9. The number of nitrogens with zero attached hydrogens (tertiary/aromatic N) is 4. The Morgan fingerprint density at radius 3 is 2.45 bits per heavy atom. The summed E-state index contributed by atoms with van der Waals surface area (Å²) in [6, 6.07) is 3.61. The largest absolute Gasteiger partial charge is 0.489 e. The molecule has 8 nitrogen and oxygen atoms in total. The van der Waals surface area contributed by atoms with E-state index >= 15 is 0 Å². The van der Waals surface area contributed by atoms with Crippen LogP contribution < -0.4 is 10.5 Å². The number of aliphatic hydroxyl groups is 1. The number of carbonyl (C=O) groups excluding carboxylic acids is 1. The van der Waals surface area contributed by atoms with E-state index < -0.39 is 36.7 Å². The van der Waals surface area contributed by atoms with E-state index in [0.29, 0.717) is 46.3 Å². The van der Waals surface area contributed by atoms with Gasteiger partial charge in [-0.15, -0.1) is 0 Å². The summed E-state index contributed by atoms with van der Waals surface area (Å²) < 4.78 is 58.0. The minimum Gasteiger partial charge on any atom is -0.489 e. The van der Waals surface area contributed by atoms with Gasteiger partial charge in [0.1, 0.15) is 17.7 Å². The number of amides is 1. The maximum Gasteiger partial charge on any atom is 0.415 e. The Labute approximate surface area is 222 Å². The van der Waals surface area contributed by atoms with Gasteiger partial charge in [0.2, 0.25) is 0 Å². The van der Waals surface area contributed by atoms with Crippen molar-refractivity contribution in [3.8, 4) is 5.75 Å². The number of hydrogen-bond acceptors (Lipinski definition) is 7. The van der Waals surface area contributed by atoms with Gasteiger partial charge in [-0.1, -0.05) is 11.6 Å². The SMILES string of the molecule is Cc1nc(C2=C(N)CN(C(=O)c3ccc(F)cc3OC3CCN(CC(O)C(F)(F)F)CC3)C2)nc(C)c1Cl. The van der Waals surface area contributed by atoms with Crippen LogP contribution in [0.15, 0.2) is 23.9 Å². The Morgan fingerprint density at radius 1 is 1.21 bits per heavy atom. The first-order valence-electron chi connectivity index (χ1n) is 12.0. The van der Waals surface area contributed by atoms with Crippen LogP contribution in [0.25, 0.3) is 5.57 Å². The quantitative estimate of drug-likeness (QED) is 0.524. The van der Waals surface area contributed by atoms with Gasteiger partial charge in [0, 0.05) is 37.0 Å². The van der Waals surface area contributed by atoms with Crippen molar-refractivity contribution < 1.29 is 32.2 Å². The molecular formula is C25H28ClF4N5O3. The molecule has 1 unspecified atom stereocenters. The molecule has 0 bridgehead atoms. The second kappa shape index (κ2) is 11.0. The van der Waals surface area contributed by atoms with E-state index in [2.05, 4.69) is 9.97 Å². The van der Waals surface area contributed by atoms with Gasteiger partial charge >= 0.3 is 6.18 Å². The number of aryl methyl sites for hydroxylation is 2. The van der Waals surface area contributed by atoms with E-state index in [0.717, 1.165) is 12.1 Å². The number of hydrogen-bond donors (Lipinski definition) is 2. The van der Waals surface area contributed by atoms with Gasteiger partial charge in [-0.3, -0.25) is 4.79 Å². The van der Waals surface area contributed by atoms with Crippen LogP contribution in [0.4, 0.5) is 17.6 Å². The van der Waals surface area contributed by atoms with Gasteiger partial charge in [0.25, 0.3) is 5.91 Å². The molecule has 0 spiro atoms. The van der Waals surface area contributed by atoms with Crippen molar-refractivity contribution >= 4 is 23.1 Å². The lowest BCUT2D eigenvalue weighted by molar-refractivity contribution is -0.208. The molecule has 0 aliphatic carbocycles. The average Bonchev–Trinajstić information content (AvgIpc) is 3.24. The monoisotopic (exact) mass is 557 g/mol. The molecule has 4 rings (SSSR count). The van der Waals surface area contributed by atoms with Crippen molar-refractivity contribution in [3.63, 3.8) is 0 Å². The molecule has 3 heterocycles. The van der Waals surface area contributed by atoms with Crippen molar-refractivity contribution in [2.75, 3.05) is 32.7 Å². The summed E-state index contributed by atoms with van der Waals surface area (Å²) in [5.74, 6) is -0.589. The van der Waals surface area contributed by atoms with E-state index in [1.165, 1.54) is 15.9 Å². The number of alkyl halides is 3. The summed E-state index contributed by atoms with van der Waals surface area (Å²) in [5.41, 5.74) is 8.57. The van der Waals surface area contributed by atoms with E-state index in [-0.39, 0.29) is 37.5 Å². The number of benzene rings is 1. The Kier molecular flexibility index (Phi) is 8.15. The minimum absolute atomic E-state index is 0.0465. The fraction of sp³-hybridized carbons (Fsp3) is 0.480. The van der Waals surface area contributed by atoms with Crippen LogP contribution in [-0.2, 0) is 0 Å².